The molecule has 1 unspecified atom stereocenters. The fourth-order valence-corrected chi connectivity index (χ4v) is 3.81. The van der Waals surface area contributed by atoms with Crippen molar-refractivity contribution in [1.29, 1.82) is 0 Å². The van der Waals surface area contributed by atoms with Crippen molar-refractivity contribution in [2.24, 2.45) is 5.92 Å². The Morgan fingerprint density at radius 3 is 3.00 bits per heavy atom. The monoisotopic (exact) mass is 275 g/mol. The van der Waals surface area contributed by atoms with E-state index >= 15 is 0 Å². The highest BCUT2D eigenvalue weighted by Gasteiger charge is 2.29. The summed E-state index contributed by atoms with van der Waals surface area (Å²) in [6, 6.07) is 0.350. The normalized spacial score (nSPS) is 22.2. The van der Waals surface area contributed by atoms with Crippen LogP contribution in [0.25, 0.3) is 0 Å². The van der Waals surface area contributed by atoms with E-state index in [2.05, 4.69) is 15.5 Å². The van der Waals surface area contributed by atoms with Crippen molar-refractivity contribution in [2.45, 2.75) is 12.8 Å². The maximum Gasteiger partial charge on any atom is 0.315 e. The number of sulfone groups is 1. The Kier molecular flexibility index (Phi) is 4.18. The first-order valence-electron chi connectivity index (χ1n) is 5.84. The van der Waals surface area contributed by atoms with Gasteiger partial charge in [-0.3, -0.25) is 0 Å². The summed E-state index contributed by atoms with van der Waals surface area (Å²) in [5.41, 5.74) is 0. The van der Waals surface area contributed by atoms with Crippen molar-refractivity contribution in [3.05, 3.63) is 5.89 Å². The zero-order chi connectivity index (χ0) is 13.0. The van der Waals surface area contributed by atoms with Crippen LogP contribution in [0, 0.1) is 5.92 Å². The van der Waals surface area contributed by atoms with Crippen molar-refractivity contribution in [3.8, 4) is 0 Å². The van der Waals surface area contributed by atoms with E-state index in [0.717, 1.165) is 0 Å². The predicted octanol–water partition coefficient (Wildman–Crippen LogP) is 0.105. The van der Waals surface area contributed by atoms with Gasteiger partial charge in [0.25, 0.3) is 0 Å². The highest BCUT2D eigenvalue weighted by atomic mass is 32.2. The molecule has 1 saturated heterocycles. The smallest absolute Gasteiger partial charge is 0.315 e. The van der Waals surface area contributed by atoms with Gasteiger partial charge in [-0.15, -0.1) is 5.10 Å². The molecule has 1 fully saturated rings. The molecule has 0 amide bonds. The van der Waals surface area contributed by atoms with Gasteiger partial charge in [-0.2, -0.15) is 0 Å². The first-order chi connectivity index (χ1) is 8.59. The third kappa shape index (κ3) is 3.67. The zero-order valence-corrected chi connectivity index (χ0v) is 11.1. The highest BCUT2D eigenvalue weighted by Crippen LogP contribution is 2.22. The predicted molar refractivity (Wildman–Crippen MR) is 65.1 cm³/mol. The van der Waals surface area contributed by atoms with Crippen LogP contribution >= 0.6 is 0 Å². The minimum absolute atomic E-state index is 0.0993. The quantitative estimate of drug-likeness (QED) is 0.736. The third-order valence-electron chi connectivity index (χ3n) is 2.84. The minimum atomic E-state index is -2.85. The van der Waals surface area contributed by atoms with E-state index in [1.54, 1.807) is 7.11 Å². The van der Waals surface area contributed by atoms with Crippen molar-refractivity contribution in [3.63, 3.8) is 0 Å². The van der Waals surface area contributed by atoms with Crippen molar-refractivity contribution in [1.82, 2.24) is 10.2 Å². The Bertz CT molecular complexity index is 485. The number of anilines is 1. The van der Waals surface area contributed by atoms with Crippen molar-refractivity contribution < 1.29 is 17.6 Å². The van der Waals surface area contributed by atoms with Crippen LogP contribution in [-0.4, -0.2) is 50.4 Å². The van der Waals surface area contributed by atoms with Crippen LogP contribution < -0.4 is 5.32 Å². The lowest BCUT2D eigenvalue weighted by Crippen LogP contribution is -2.08. The van der Waals surface area contributed by atoms with E-state index in [0.29, 0.717) is 37.9 Å². The summed E-state index contributed by atoms with van der Waals surface area (Å²) in [4.78, 5) is 0. The van der Waals surface area contributed by atoms with Crippen LogP contribution in [0.15, 0.2) is 4.42 Å². The summed E-state index contributed by atoms with van der Waals surface area (Å²) < 4.78 is 32.9. The number of aromatic nitrogens is 2. The first kappa shape index (κ1) is 13.3. The SMILES string of the molecule is COCCNc1nnc(CC2CCS(=O)(=O)C2)o1. The van der Waals surface area contributed by atoms with Gasteiger partial charge in [0.2, 0.25) is 5.89 Å². The van der Waals surface area contributed by atoms with Crippen molar-refractivity contribution in [2.75, 3.05) is 37.1 Å². The molecule has 102 valence electrons. The fourth-order valence-electron chi connectivity index (χ4n) is 1.95. The topological polar surface area (TPSA) is 94.3 Å². The van der Waals surface area contributed by atoms with Gasteiger partial charge in [-0.05, 0) is 12.3 Å². The molecule has 1 aliphatic rings. The Labute approximate surface area is 106 Å². The van der Waals surface area contributed by atoms with Gasteiger partial charge < -0.3 is 14.5 Å². The van der Waals surface area contributed by atoms with Crippen molar-refractivity contribution >= 4 is 15.9 Å². The molecule has 0 spiro atoms. The minimum Gasteiger partial charge on any atom is -0.408 e. The van der Waals surface area contributed by atoms with Gasteiger partial charge >= 0.3 is 6.01 Å². The zero-order valence-electron chi connectivity index (χ0n) is 10.3. The Morgan fingerprint density at radius 1 is 1.50 bits per heavy atom. The number of methoxy groups -OCH3 is 1. The summed E-state index contributed by atoms with van der Waals surface area (Å²) in [5, 5.41) is 10.6. The molecule has 1 N–H and O–H groups in total. The van der Waals surface area contributed by atoms with E-state index in [1.165, 1.54) is 0 Å². The summed E-state index contributed by atoms with van der Waals surface area (Å²) >= 11 is 0. The van der Waals surface area contributed by atoms with E-state index < -0.39 is 9.84 Å². The van der Waals surface area contributed by atoms with Crippen LogP contribution in [0.1, 0.15) is 12.3 Å². The van der Waals surface area contributed by atoms with E-state index in [9.17, 15) is 8.42 Å². The summed E-state index contributed by atoms with van der Waals surface area (Å²) in [5.74, 6) is 1.08. The Balaban J connectivity index is 1.83. The first-order valence-corrected chi connectivity index (χ1v) is 7.67. The van der Waals surface area contributed by atoms with Crippen LogP contribution in [0.2, 0.25) is 0 Å². The standard InChI is InChI=1S/C10H17N3O4S/c1-16-4-3-11-10-13-12-9(17-10)6-8-2-5-18(14,15)7-8/h8H,2-7H2,1H3,(H,11,13). The fraction of sp³-hybridized carbons (Fsp3) is 0.800. The summed E-state index contributed by atoms with van der Waals surface area (Å²) in [6.45, 7) is 1.15. The molecule has 1 atom stereocenters. The van der Waals surface area contributed by atoms with Gasteiger partial charge in [-0.1, -0.05) is 5.10 Å². The van der Waals surface area contributed by atoms with Crippen LogP contribution in [0.4, 0.5) is 6.01 Å². The number of nitrogens with one attached hydrogen (secondary N) is 1. The Hall–Kier alpha value is -1.15. The second-order valence-electron chi connectivity index (χ2n) is 4.39. The molecule has 1 aliphatic heterocycles. The van der Waals surface area contributed by atoms with Gasteiger partial charge in [-0.25, -0.2) is 8.42 Å². The molecule has 7 nitrogen and oxygen atoms in total. The molecule has 2 rings (SSSR count). The van der Waals surface area contributed by atoms with Crippen LogP contribution in [0.5, 0.6) is 0 Å². The summed E-state index contributed by atoms with van der Waals surface area (Å²) in [7, 11) is -1.24. The lowest BCUT2D eigenvalue weighted by atomic mass is 10.1. The summed E-state index contributed by atoms with van der Waals surface area (Å²) in [6.07, 6.45) is 1.20. The van der Waals surface area contributed by atoms with E-state index in [4.69, 9.17) is 9.15 Å². The van der Waals surface area contributed by atoms with Gasteiger partial charge in [0.1, 0.15) is 0 Å². The number of hydrogen-bond donors (Lipinski definition) is 1. The van der Waals surface area contributed by atoms with Crippen LogP contribution in [0.3, 0.4) is 0 Å². The maximum atomic E-state index is 11.3. The molecule has 1 aromatic heterocycles. The molecule has 0 aromatic carbocycles. The molecule has 2 heterocycles. The third-order valence-corrected chi connectivity index (χ3v) is 4.68. The average molecular weight is 275 g/mol. The molecule has 8 heteroatoms. The lowest BCUT2D eigenvalue weighted by molar-refractivity contribution is 0.210. The number of nitrogens with zero attached hydrogens (tertiary/aromatic N) is 2. The van der Waals surface area contributed by atoms with Gasteiger partial charge in [0.15, 0.2) is 9.84 Å². The molecule has 0 aliphatic carbocycles. The van der Waals surface area contributed by atoms with Gasteiger partial charge in [0, 0.05) is 20.1 Å². The van der Waals surface area contributed by atoms with Gasteiger partial charge in [0.05, 0.1) is 18.1 Å². The largest absolute Gasteiger partial charge is 0.408 e. The van der Waals surface area contributed by atoms with E-state index in [-0.39, 0.29) is 17.4 Å². The number of ether oxygens (including phenoxy) is 1. The number of rotatable bonds is 6. The lowest BCUT2D eigenvalue weighted by Gasteiger charge is -2.02. The van der Waals surface area contributed by atoms with E-state index in [1.807, 2.05) is 0 Å². The molecule has 18 heavy (non-hydrogen) atoms. The second-order valence-corrected chi connectivity index (χ2v) is 6.62. The number of hydrogen-bond acceptors (Lipinski definition) is 7. The Morgan fingerprint density at radius 2 is 2.33 bits per heavy atom. The maximum absolute atomic E-state index is 11.3. The molecular weight excluding hydrogens is 258 g/mol. The molecule has 0 radical (unpaired) electrons. The van der Waals surface area contributed by atoms with Crippen LogP contribution in [-0.2, 0) is 21.0 Å². The highest BCUT2D eigenvalue weighted by molar-refractivity contribution is 7.91. The molecule has 0 saturated carbocycles. The second kappa shape index (κ2) is 5.66. The molecule has 1 aromatic rings. The molecule has 0 bridgehead atoms. The average Bonchev–Trinajstić information content (AvgIpc) is 2.87. The molecular formula is C10H17N3O4S.